The van der Waals surface area contributed by atoms with Crippen molar-refractivity contribution >= 4 is 11.8 Å². The fourth-order valence-electron chi connectivity index (χ4n) is 3.33. The number of benzene rings is 2. The van der Waals surface area contributed by atoms with Crippen LogP contribution in [-0.4, -0.2) is 29.8 Å². The first-order valence-electron chi connectivity index (χ1n) is 9.23. The number of nitrogens with one attached hydrogen (secondary N) is 1. The van der Waals surface area contributed by atoms with E-state index in [4.69, 9.17) is 0 Å². The van der Waals surface area contributed by atoms with Crippen molar-refractivity contribution < 1.29 is 9.59 Å². The monoisotopic (exact) mass is 350 g/mol. The number of hydrogen-bond donors (Lipinski definition) is 1. The van der Waals surface area contributed by atoms with Crippen LogP contribution < -0.4 is 5.32 Å². The minimum Gasteiger partial charge on any atom is -0.352 e. The summed E-state index contributed by atoms with van der Waals surface area (Å²) in [5, 5.41) is 3.02. The number of carbonyl (C=O) groups is 2. The molecule has 4 nitrogen and oxygen atoms in total. The van der Waals surface area contributed by atoms with Crippen molar-refractivity contribution in [3.63, 3.8) is 0 Å². The van der Waals surface area contributed by atoms with Gasteiger partial charge in [0.1, 0.15) is 0 Å². The topological polar surface area (TPSA) is 49.4 Å². The Kier molecular flexibility index (Phi) is 5.71. The Morgan fingerprint density at radius 1 is 1.00 bits per heavy atom. The Balaban J connectivity index is 1.51. The number of rotatable bonds is 4. The van der Waals surface area contributed by atoms with Gasteiger partial charge in [-0.2, -0.15) is 0 Å². The Morgan fingerprint density at radius 3 is 2.35 bits per heavy atom. The van der Waals surface area contributed by atoms with Crippen LogP contribution in [0.3, 0.4) is 0 Å². The van der Waals surface area contributed by atoms with Crippen LogP contribution in [0, 0.1) is 19.8 Å². The fourth-order valence-corrected chi connectivity index (χ4v) is 3.33. The van der Waals surface area contributed by atoms with Gasteiger partial charge in [0.15, 0.2) is 0 Å². The molecule has 0 unspecified atom stereocenters. The maximum Gasteiger partial charge on any atom is 0.253 e. The van der Waals surface area contributed by atoms with Crippen molar-refractivity contribution in [1.29, 1.82) is 0 Å². The first-order valence-corrected chi connectivity index (χ1v) is 9.23. The molecule has 3 rings (SSSR count). The van der Waals surface area contributed by atoms with E-state index in [1.165, 1.54) is 5.56 Å². The summed E-state index contributed by atoms with van der Waals surface area (Å²) in [6.07, 6.45) is 1.44. The van der Waals surface area contributed by atoms with Gasteiger partial charge in [0.2, 0.25) is 5.91 Å². The van der Waals surface area contributed by atoms with Crippen LogP contribution in [0.25, 0.3) is 0 Å². The lowest BCUT2D eigenvalue weighted by molar-refractivity contribution is -0.126. The van der Waals surface area contributed by atoms with Crippen LogP contribution in [-0.2, 0) is 11.3 Å². The van der Waals surface area contributed by atoms with Crippen LogP contribution >= 0.6 is 0 Å². The molecule has 4 heteroatoms. The lowest BCUT2D eigenvalue weighted by atomic mass is 9.95. The first kappa shape index (κ1) is 18.2. The Hall–Kier alpha value is -2.62. The average molecular weight is 350 g/mol. The SMILES string of the molecule is Cc1ccc(C(=O)N2CCC(C(=O)NCc3ccccc3)CC2)cc1C. The summed E-state index contributed by atoms with van der Waals surface area (Å²) in [4.78, 5) is 26.9. The van der Waals surface area contributed by atoms with Gasteiger partial charge in [-0.25, -0.2) is 0 Å². The summed E-state index contributed by atoms with van der Waals surface area (Å²) in [5.74, 6) is 0.144. The number of aryl methyl sites for hydroxylation is 2. The number of hydrogen-bond acceptors (Lipinski definition) is 2. The molecule has 1 aliphatic rings. The average Bonchev–Trinajstić information content (AvgIpc) is 2.68. The highest BCUT2D eigenvalue weighted by Crippen LogP contribution is 2.20. The van der Waals surface area contributed by atoms with Gasteiger partial charge in [0, 0.05) is 31.1 Å². The molecule has 26 heavy (non-hydrogen) atoms. The van der Waals surface area contributed by atoms with Gasteiger partial charge in [-0.3, -0.25) is 9.59 Å². The van der Waals surface area contributed by atoms with Crippen LogP contribution in [0.2, 0.25) is 0 Å². The summed E-state index contributed by atoms with van der Waals surface area (Å²) in [5.41, 5.74) is 4.16. The zero-order chi connectivity index (χ0) is 18.5. The standard InChI is InChI=1S/C22H26N2O2/c1-16-8-9-20(14-17(16)2)22(26)24-12-10-19(11-13-24)21(25)23-15-18-6-4-3-5-7-18/h3-9,14,19H,10-13,15H2,1-2H3,(H,23,25). The van der Waals surface area contributed by atoms with Crippen molar-refractivity contribution in [3.8, 4) is 0 Å². The minimum absolute atomic E-state index is 0.0116. The predicted molar refractivity (Wildman–Crippen MR) is 103 cm³/mol. The molecule has 2 aromatic carbocycles. The zero-order valence-electron chi connectivity index (χ0n) is 15.5. The second kappa shape index (κ2) is 8.17. The Morgan fingerprint density at radius 2 is 1.69 bits per heavy atom. The third kappa shape index (κ3) is 4.31. The molecule has 2 aromatic rings. The predicted octanol–water partition coefficient (Wildman–Crippen LogP) is 3.47. The first-order chi connectivity index (χ1) is 12.5. The van der Waals surface area contributed by atoms with E-state index in [1.807, 2.05) is 67.3 Å². The largest absolute Gasteiger partial charge is 0.352 e. The molecule has 136 valence electrons. The summed E-state index contributed by atoms with van der Waals surface area (Å²) in [6.45, 7) is 5.89. The number of amides is 2. The van der Waals surface area contributed by atoms with Crippen LogP contribution in [0.5, 0.6) is 0 Å². The fraction of sp³-hybridized carbons (Fsp3) is 0.364. The third-order valence-electron chi connectivity index (χ3n) is 5.22. The normalized spacial score (nSPS) is 14.9. The quantitative estimate of drug-likeness (QED) is 0.918. The molecule has 0 aliphatic carbocycles. The van der Waals surface area contributed by atoms with E-state index in [0.717, 1.165) is 29.5 Å². The number of likely N-dealkylation sites (tertiary alicyclic amines) is 1. The third-order valence-corrected chi connectivity index (χ3v) is 5.22. The molecule has 0 bridgehead atoms. The van der Waals surface area contributed by atoms with Crippen molar-refractivity contribution in [1.82, 2.24) is 10.2 Å². The second-order valence-electron chi connectivity index (χ2n) is 7.07. The number of piperidine rings is 1. The van der Waals surface area contributed by atoms with Crippen molar-refractivity contribution in [3.05, 3.63) is 70.8 Å². The van der Waals surface area contributed by atoms with E-state index in [9.17, 15) is 9.59 Å². The highest BCUT2D eigenvalue weighted by Gasteiger charge is 2.27. The van der Waals surface area contributed by atoms with E-state index in [0.29, 0.717) is 19.6 Å². The van der Waals surface area contributed by atoms with Gasteiger partial charge in [0.05, 0.1) is 0 Å². The van der Waals surface area contributed by atoms with E-state index >= 15 is 0 Å². The maximum absolute atomic E-state index is 12.7. The number of carbonyl (C=O) groups excluding carboxylic acids is 2. The summed E-state index contributed by atoms with van der Waals surface area (Å²) >= 11 is 0. The molecule has 1 heterocycles. The van der Waals surface area contributed by atoms with E-state index in [-0.39, 0.29) is 17.7 Å². The highest BCUT2D eigenvalue weighted by molar-refractivity contribution is 5.94. The van der Waals surface area contributed by atoms with Crippen LogP contribution in [0.15, 0.2) is 48.5 Å². The van der Waals surface area contributed by atoms with E-state index in [2.05, 4.69) is 5.32 Å². The van der Waals surface area contributed by atoms with Crippen LogP contribution in [0.1, 0.15) is 39.9 Å². The van der Waals surface area contributed by atoms with E-state index < -0.39 is 0 Å². The summed E-state index contributed by atoms with van der Waals surface area (Å²) in [7, 11) is 0. The maximum atomic E-state index is 12.7. The summed E-state index contributed by atoms with van der Waals surface area (Å²) < 4.78 is 0. The van der Waals surface area contributed by atoms with Crippen molar-refractivity contribution in [2.75, 3.05) is 13.1 Å². The second-order valence-corrected chi connectivity index (χ2v) is 7.07. The smallest absolute Gasteiger partial charge is 0.253 e. The molecule has 0 saturated carbocycles. The van der Waals surface area contributed by atoms with Crippen molar-refractivity contribution in [2.24, 2.45) is 5.92 Å². The molecule has 2 amide bonds. The zero-order valence-corrected chi connectivity index (χ0v) is 15.5. The van der Waals surface area contributed by atoms with Gasteiger partial charge in [0.25, 0.3) is 5.91 Å². The van der Waals surface area contributed by atoms with E-state index in [1.54, 1.807) is 0 Å². The lowest BCUT2D eigenvalue weighted by Gasteiger charge is -2.31. The van der Waals surface area contributed by atoms with Gasteiger partial charge in [-0.1, -0.05) is 36.4 Å². The minimum atomic E-state index is -0.0116. The molecule has 0 atom stereocenters. The highest BCUT2D eigenvalue weighted by atomic mass is 16.2. The Bertz CT molecular complexity index is 778. The Labute approximate surface area is 155 Å². The lowest BCUT2D eigenvalue weighted by Crippen LogP contribution is -2.42. The van der Waals surface area contributed by atoms with Gasteiger partial charge >= 0.3 is 0 Å². The molecule has 1 N–H and O–H groups in total. The van der Waals surface area contributed by atoms with Gasteiger partial charge < -0.3 is 10.2 Å². The molecular formula is C22H26N2O2. The molecule has 1 aliphatic heterocycles. The molecule has 0 spiro atoms. The number of nitrogens with zero attached hydrogens (tertiary/aromatic N) is 1. The molecule has 0 radical (unpaired) electrons. The summed E-state index contributed by atoms with van der Waals surface area (Å²) in [6, 6.07) is 15.8. The molecule has 1 saturated heterocycles. The van der Waals surface area contributed by atoms with Gasteiger partial charge in [-0.05, 0) is 55.5 Å². The molecular weight excluding hydrogens is 324 g/mol. The van der Waals surface area contributed by atoms with Gasteiger partial charge in [-0.15, -0.1) is 0 Å². The van der Waals surface area contributed by atoms with Crippen LogP contribution in [0.4, 0.5) is 0 Å². The molecule has 1 fully saturated rings. The molecule has 0 aromatic heterocycles. The van der Waals surface area contributed by atoms with Crippen molar-refractivity contribution in [2.45, 2.75) is 33.2 Å².